The summed E-state index contributed by atoms with van der Waals surface area (Å²) in [4.78, 5) is 0. The van der Waals surface area contributed by atoms with Gasteiger partial charge in [-0.25, -0.2) is 13.1 Å². The molecule has 92 valence electrons. The molecule has 6 heteroatoms. The third-order valence-electron chi connectivity index (χ3n) is 2.10. The van der Waals surface area contributed by atoms with Crippen LogP contribution in [0.4, 0.5) is 0 Å². The summed E-state index contributed by atoms with van der Waals surface area (Å²) in [5.74, 6) is -0.395. The normalized spacial score (nSPS) is 13.0. The summed E-state index contributed by atoms with van der Waals surface area (Å²) in [5, 5.41) is 8.56. The molecular formula is C11H13BrN2O2S. The zero-order valence-electron chi connectivity index (χ0n) is 9.35. The molecule has 0 fully saturated rings. The number of hydrogen-bond acceptors (Lipinski definition) is 3. The fourth-order valence-electron chi connectivity index (χ4n) is 1.15. The summed E-state index contributed by atoms with van der Waals surface area (Å²) in [6.07, 6.45) is 0. The second-order valence-electron chi connectivity index (χ2n) is 3.76. The van der Waals surface area contributed by atoms with Crippen molar-refractivity contribution in [1.29, 1.82) is 5.26 Å². The monoisotopic (exact) mass is 316 g/mol. The minimum absolute atomic E-state index is 0.0710. The first-order valence-electron chi connectivity index (χ1n) is 5.04. The Labute approximate surface area is 110 Å². The van der Waals surface area contributed by atoms with Crippen molar-refractivity contribution in [2.75, 3.05) is 6.54 Å². The fraction of sp³-hybridized carbons (Fsp3) is 0.364. The van der Waals surface area contributed by atoms with Crippen LogP contribution in [0, 0.1) is 17.2 Å². The zero-order valence-corrected chi connectivity index (χ0v) is 11.8. The molecular weight excluding hydrogens is 304 g/mol. The highest BCUT2D eigenvalue weighted by molar-refractivity contribution is 9.10. The number of rotatable bonds is 5. The van der Waals surface area contributed by atoms with Gasteiger partial charge in [-0.2, -0.15) is 5.26 Å². The zero-order chi connectivity index (χ0) is 12.9. The molecule has 4 nitrogen and oxygen atoms in total. The van der Waals surface area contributed by atoms with Crippen molar-refractivity contribution in [3.8, 4) is 6.07 Å². The quantitative estimate of drug-likeness (QED) is 0.903. The van der Waals surface area contributed by atoms with Gasteiger partial charge in [0.1, 0.15) is 0 Å². The van der Waals surface area contributed by atoms with E-state index in [1.165, 1.54) is 0 Å². The van der Waals surface area contributed by atoms with Crippen molar-refractivity contribution in [1.82, 2.24) is 4.72 Å². The molecule has 0 amide bonds. The van der Waals surface area contributed by atoms with Crippen LogP contribution in [0.15, 0.2) is 28.7 Å². The minimum atomic E-state index is -3.37. The van der Waals surface area contributed by atoms with Gasteiger partial charge < -0.3 is 0 Å². The number of nitriles is 1. The van der Waals surface area contributed by atoms with Crippen LogP contribution < -0.4 is 4.72 Å². The van der Waals surface area contributed by atoms with E-state index < -0.39 is 10.0 Å². The molecule has 1 aromatic rings. The molecule has 0 bridgehead atoms. The van der Waals surface area contributed by atoms with Gasteiger partial charge in [-0.1, -0.05) is 28.1 Å². The van der Waals surface area contributed by atoms with Crippen LogP contribution >= 0.6 is 15.9 Å². The van der Waals surface area contributed by atoms with E-state index in [-0.39, 0.29) is 18.2 Å². The lowest BCUT2D eigenvalue weighted by Gasteiger charge is -2.07. The molecule has 0 radical (unpaired) electrons. The van der Waals surface area contributed by atoms with E-state index in [2.05, 4.69) is 20.7 Å². The van der Waals surface area contributed by atoms with Gasteiger partial charge in [-0.15, -0.1) is 0 Å². The molecule has 1 atom stereocenters. The van der Waals surface area contributed by atoms with Crippen molar-refractivity contribution in [2.24, 2.45) is 5.92 Å². The average Bonchev–Trinajstić information content (AvgIpc) is 2.29. The molecule has 0 saturated carbocycles. The Morgan fingerprint density at radius 3 is 2.53 bits per heavy atom. The van der Waals surface area contributed by atoms with Crippen LogP contribution in [0.5, 0.6) is 0 Å². The number of sulfonamides is 1. The molecule has 0 aromatic heterocycles. The van der Waals surface area contributed by atoms with Gasteiger partial charge in [0.15, 0.2) is 0 Å². The largest absolute Gasteiger partial charge is 0.215 e. The highest BCUT2D eigenvalue weighted by Crippen LogP contribution is 2.12. The Morgan fingerprint density at radius 2 is 2.00 bits per heavy atom. The Hall–Kier alpha value is -0.900. The second-order valence-corrected chi connectivity index (χ2v) is 6.49. The molecule has 0 aliphatic carbocycles. The predicted molar refractivity (Wildman–Crippen MR) is 69.5 cm³/mol. The number of nitrogens with one attached hydrogen (secondary N) is 1. The van der Waals surface area contributed by atoms with Crippen LogP contribution in [0.1, 0.15) is 12.5 Å². The van der Waals surface area contributed by atoms with Crippen LogP contribution in [-0.4, -0.2) is 15.0 Å². The topological polar surface area (TPSA) is 70.0 Å². The summed E-state index contributed by atoms with van der Waals surface area (Å²) < 4.78 is 26.7. The van der Waals surface area contributed by atoms with Gasteiger partial charge in [0.2, 0.25) is 10.0 Å². The van der Waals surface area contributed by atoms with E-state index in [1.54, 1.807) is 31.2 Å². The first-order valence-corrected chi connectivity index (χ1v) is 7.49. The van der Waals surface area contributed by atoms with Gasteiger partial charge in [-0.05, 0) is 24.6 Å². The fourth-order valence-corrected chi connectivity index (χ4v) is 2.65. The van der Waals surface area contributed by atoms with Crippen molar-refractivity contribution in [3.05, 3.63) is 34.3 Å². The summed E-state index contributed by atoms with van der Waals surface area (Å²) >= 11 is 3.28. The summed E-state index contributed by atoms with van der Waals surface area (Å²) in [6, 6.07) is 9.06. The van der Waals surface area contributed by atoms with Crippen molar-refractivity contribution < 1.29 is 8.42 Å². The highest BCUT2D eigenvalue weighted by Gasteiger charge is 2.12. The average molecular weight is 317 g/mol. The number of nitrogens with zero attached hydrogens (tertiary/aromatic N) is 1. The first-order chi connectivity index (χ1) is 7.93. The molecule has 0 aliphatic heterocycles. The molecule has 0 heterocycles. The van der Waals surface area contributed by atoms with E-state index in [0.717, 1.165) is 4.47 Å². The predicted octanol–water partition coefficient (Wildman–Crippen LogP) is 2.03. The Kier molecular flexibility index (Phi) is 5.12. The number of benzene rings is 1. The first kappa shape index (κ1) is 14.2. The van der Waals surface area contributed by atoms with Gasteiger partial charge in [0, 0.05) is 11.0 Å². The second kappa shape index (κ2) is 6.15. The van der Waals surface area contributed by atoms with Crippen LogP contribution in [0.3, 0.4) is 0 Å². The lowest BCUT2D eigenvalue weighted by Crippen LogP contribution is -2.29. The molecule has 1 aromatic carbocycles. The molecule has 1 unspecified atom stereocenters. The molecule has 1 N–H and O–H groups in total. The van der Waals surface area contributed by atoms with Gasteiger partial charge in [-0.3, -0.25) is 0 Å². The summed E-state index contributed by atoms with van der Waals surface area (Å²) in [6.45, 7) is 1.82. The molecule has 1 rings (SSSR count). The van der Waals surface area contributed by atoms with Gasteiger partial charge in [0.05, 0.1) is 17.7 Å². The van der Waals surface area contributed by atoms with Crippen LogP contribution in [-0.2, 0) is 15.8 Å². The summed E-state index contributed by atoms with van der Waals surface area (Å²) in [5.41, 5.74) is 0.713. The number of halogens is 1. The lowest BCUT2D eigenvalue weighted by atomic mass is 10.2. The van der Waals surface area contributed by atoms with Crippen molar-refractivity contribution in [3.63, 3.8) is 0 Å². The van der Waals surface area contributed by atoms with Crippen LogP contribution in [0.25, 0.3) is 0 Å². The Bertz CT molecular complexity index is 505. The maximum absolute atomic E-state index is 11.7. The van der Waals surface area contributed by atoms with E-state index in [0.29, 0.717) is 5.56 Å². The number of hydrogen-bond donors (Lipinski definition) is 1. The molecule has 0 aliphatic rings. The molecule has 0 saturated heterocycles. The highest BCUT2D eigenvalue weighted by atomic mass is 79.9. The SMILES string of the molecule is CC(C#N)CNS(=O)(=O)Cc1ccc(Br)cc1. The van der Waals surface area contributed by atoms with E-state index >= 15 is 0 Å². The molecule has 17 heavy (non-hydrogen) atoms. The Morgan fingerprint density at radius 1 is 1.41 bits per heavy atom. The van der Waals surface area contributed by atoms with Crippen LogP contribution in [0.2, 0.25) is 0 Å². The van der Waals surface area contributed by atoms with Gasteiger partial charge in [0.25, 0.3) is 0 Å². The van der Waals surface area contributed by atoms with E-state index in [9.17, 15) is 8.42 Å². The standard InChI is InChI=1S/C11H13BrN2O2S/c1-9(6-13)7-14-17(15,16)8-10-2-4-11(12)5-3-10/h2-5,9,14H,7-8H2,1H3. The Balaban J connectivity index is 2.61. The molecule has 0 spiro atoms. The lowest BCUT2D eigenvalue weighted by molar-refractivity contribution is 0.572. The van der Waals surface area contributed by atoms with E-state index in [4.69, 9.17) is 5.26 Å². The minimum Gasteiger partial charge on any atom is -0.214 e. The smallest absolute Gasteiger partial charge is 0.214 e. The summed E-state index contributed by atoms with van der Waals surface area (Å²) in [7, 11) is -3.37. The van der Waals surface area contributed by atoms with Gasteiger partial charge >= 0.3 is 0 Å². The maximum Gasteiger partial charge on any atom is 0.215 e. The third-order valence-corrected chi connectivity index (χ3v) is 3.95. The van der Waals surface area contributed by atoms with Crippen molar-refractivity contribution >= 4 is 26.0 Å². The van der Waals surface area contributed by atoms with E-state index in [1.807, 2.05) is 6.07 Å². The third kappa shape index (κ3) is 5.31. The van der Waals surface area contributed by atoms with Crippen molar-refractivity contribution in [2.45, 2.75) is 12.7 Å². The maximum atomic E-state index is 11.7.